The van der Waals surface area contributed by atoms with E-state index in [4.69, 9.17) is 11.6 Å². The monoisotopic (exact) mass is 485 g/mol. The molecule has 1 atom stereocenters. The van der Waals surface area contributed by atoms with E-state index >= 15 is 0 Å². The number of urea groups is 1. The van der Waals surface area contributed by atoms with E-state index in [-0.39, 0.29) is 16.8 Å². The van der Waals surface area contributed by atoms with Gasteiger partial charge in [-0.25, -0.2) is 13.2 Å². The Kier molecular flexibility index (Phi) is 5.62. The van der Waals surface area contributed by atoms with Gasteiger partial charge in [0.1, 0.15) is 0 Å². The molecule has 0 bridgehead atoms. The quantitative estimate of drug-likeness (QED) is 0.609. The van der Waals surface area contributed by atoms with Gasteiger partial charge in [-0.1, -0.05) is 41.9 Å². The lowest BCUT2D eigenvalue weighted by Crippen LogP contribution is -2.53. The topological polar surface area (TPSA) is 99.3 Å². The molecular weight excluding hydrogens is 462 g/mol. The maximum atomic E-state index is 12.8. The summed E-state index contributed by atoms with van der Waals surface area (Å²) in [5.41, 5.74) is 3.80. The summed E-state index contributed by atoms with van der Waals surface area (Å²) in [6, 6.07) is 13.0. The van der Waals surface area contributed by atoms with Crippen molar-refractivity contribution in [3.8, 4) is 11.1 Å². The summed E-state index contributed by atoms with van der Waals surface area (Å²) in [6.45, 7) is 2.82. The number of carbonyl (C=O) groups is 1. The minimum atomic E-state index is -3.30. The molecule has 2 aliphatic heterocycles. The Labute approximate surface area is 197 Å². The average Bonchev–Trinajstić information content (AvgIpc) is 3.44. The number of H-pyrrole nitrogens is 1. The fraction of sp³-hybridized carbons (Fsp3) is 0.348. The molecule has 0 saturated carbocycles. The number of aromatic amines is 1. The summed E-state index contributed by atoms with van der Waals surface area (Å²) < 4.78 is 23.4. The number of sulfone groups is 1. The van der Waals surface area contributed by atoms with Crippen LogP contribution >= 0.6 is 11.6 Å². The molecule has 0 aliphatic carbocycles. The smallest absolute Gasteiger partial charge is 0.320 e. The van der Waals surface area contributed by atoms with E-state index in [9.17, 15) is 13.2 Å². The first-order valence-electron chi connectivity index (χ1n) is 10.8. The van der Waals surface area contributed by atoms with Crippen molar-refractivity contribution >= 4 is 27.5 Å². The molecule has 2 fully saturated rings. The Balaban J connectivity index is 1.19. The van der Waals surface area contributed by atoms with E-state index in [1.54, 1.807) is 18.3 Å². The summed E-state index contributed by atoms with van der Waals surface area (Å²) in [5.74, 6) is 0.552. The highest BCUT2D eigenvalue weighted by Gasteiger charge is 2.37. The van der Waals surface area contributed by atoms with Gasteiger partial charge in [0.15, 0.2) is 9.84 Å². The summed E-state index contributed by atoms with van der Waals surface area (Å²) in [4.78, 5) is 16.8. The van der Waals surface area contributed by atoms with Crippen molar-refractivity contribution in [1.82, 2.24) is 25.2 Å². The van der Waals surface area contributed by atoms with Gasteiger partial charge in [-0.05, 0) is 29.7 Å². The SMILES string of the molecule is CS(=O)(=O)c1ccc(-c2ccc(C3CN(C(=O)N4CC[C@H](c5cn[nH]n5)C4)C3)cc2)c(Cl)c1. The third-order valence-electron chi connectivity index (χ3n) is 6.52. The van der Waals surface area contributed by atoms with E-state index in [0.717, 1.165) is 29.8 Å². The van der Waals surface area contributed by atoms with Crippen LogP contribution in [0, 0.1) is 0 Å². The second-order valence-electron chi connectivity index (χ2n) is 8.75. The van der Waals surface area contributed by atoms with Crippen molar-refractivity contribution in [3.05, 3.63) is 64.9 Å². The number of aromatic nitrogens is 3. The van der Waals surface area contributed by atoms with E-state index in [1.807, 2.05) is 21.9 Å². The Morgan fingerprint density at radius 3 is 2.42 bits per heavy atom. The van der Waals surface area contributed by atoms with Gasteiger partial charge >= 0.3 is 6.03 Å². The van der Waals surface area contributed by atoms with Crippen molar-refractivity contribution < 1.29 is 13.2 Å². The summed E-state index contributed by atoms with van der Waals surface area (Å²) in [5, 5.41) is 11.1. The largest absolute Gasteiger partial charge is 0.324 e. The molecule has 2 aromatic carbocycles. The molecule has 1 N–H and O–H groups in total. The molecule has 10 heteroatoms. The number of hydrogen-bond donors (Lipinski definition) is 1. The van der Waals surface area contributed by atoms with Crippen LogP contribution in [0.1, 0.15) is 29.5 Å². The highest BCUT2D eigenvalue weighted by molar-refractivity contribution is 7.90. The fourth-order valence-corrected chi connectivity index (χ4v) is 5.53. The van der Waals surface area contributed by atoms with Crippen LogP contribution in [0.15, 0.2) is 53.6 Å². The van der Waals surface area contributed by atoms with Crippen molar-refractivity contribution in [2.75, 3.05) is 32.4 Å². The normalized spacial score (nSPS) is 19.0. The van der Waals surface area contributed by atoms with Crippen molar-refractivity contribution in [3.63, 3.8) is 0 Å². The number of benzene rings is 2. The van der Waals surface area contributed by atoms with Gasteiger partial charge in [0, 0.05) is 54.9 Å². The molecule has 0 spiro atoms. The van der Waals surface area contributed by atoms with Crippen LogP contribution in [0.5, 0.6) is 0 Å². The number of hydrogen-bond acceptors (Lipinski definition) is 5. The lowest BCUT2D eigenvalue weighted by Gasteiger charge is -2.41. The van der Waals surface area contributed by atoms with Gasteiger partial charge < -0.3 is 9.80 Å². The number of likely N-dealkylation sites (tertiary alicyclic amines) is 2. The van der Waals surface area contributed by atoms with Gasteiger partial charge in [0.05, 0.1) is 16.8 Å². The number of amides is 2. The van der Waals surface area contributed by atoms with Crippen LogP contribution in [-0.2, 0) is 9.84 Å². The Morgan fingerprint density at radius 2 is 1.79 bits per heavy atom. The lowest BCUT2D eigenvalue weighted by atomic mass is 9.90. The molecule has 3 heterocycles. The van der Waals surface area contributed by atoms with E-state index in [0.29, 0.717) is 30.6 Å². The van der Waals surface area contributed by atoms with Crippen molar-refractivity contribution in [2.45, 2.75) is 23.2 Å². The summed E-state index contributed by atoms with van der Waals surface area (Å²) >= 11 is 6.35. The number of carbonyl (C=O) groups excluding carboxylic acids is 1. The van der Waals surface area contributed by atoms with Gasteiger partial charge in [-0.3, -0.25) is 0 Å². The third-order valence-corrected chi connectivity index (χ3v) is 7.95. The second kappa shape index (κ2) is 8.46. The average molecular weight is 486 g/mol. The second-order valence-corrected chi connectivity index (χ2v) is 11.2. The van der Waals surface area contributed by atoms with Crippen molar-refractivity contribution in [2.24, 2.45) is 0 Å². The number of nitrogens with zero attached hydrogens (tertiary/aromatic N) is 4. The number of rotatable bonds is 4. The molecule has 1 aromatic heterocycles. The lowest BCUT2D eigenvalue weighted by molar-refractivity contribution is 0.121. The van der Waals surface area contributed by atoms with Crippen LogP contribution in [0.25, 0.3) is 11.1 Å². The van der Waals surface area contributed by atoms with Gasteiger partial charge in [0.25, 0.3) is 0 Å². The Morgan fingerprint density at radius 1 is 1.06 bits per heavy atom. The highest BCUT2D eigenvalue weighted by Crippen LogP contribution is 2.34. The van der Waals surface area contributed by atoms with Crippen LogP contribution in [0.3, 0.4) is 0 Å². The minimum absolute atomic E-state index is 0.0895. The zero-order valence-electron chi connectivity index (χ0n) is 18.1. The predicted octanol–water partition coefficient (Wildman–Crippen LogP) is 3.54. The molecule has 0 unspecified atom stereocenters. The van der Waals surface area contributed by atoms with Gasteiger partial charge in [-0.2, -0.15) is 15.4 Å². The molecule has 8 nitrogen and oxygen atoms in total. The molecule has 2 amide bonds. The Hall–Kier alpha value is -2.91. The summed E-state index contributed by atoms with van der Waals surface area (Å²) in [7, 11) is -3.30. The van der Waals surface area contributed by atoms with Gasteiger partial charge in [-0.15, -0.1) is 0 Å². The number of halogens is 1. The first kappa shape index (κ1) is 21.9. The molecule has 172 valence electrons. The van der Waals surface area contributed by atoms with E-state index < -0.39 is 9.84 Å². The molecule has 2 saturated heterocycles. The maximum absolute atomic E-state index is 12.8. The van der Waals surface area contributed by atoms with E-state index in [2.05, 4.69) is 27.5 Å². The number of nitrogens with one attached hydrogen (secondary N) is 1. The molecule has 3 aromatic rings. The third kappa shape index (κ3) is 4.35. The molecule has 2 aliphatic rings. The predicted molar refractivity (Wildman–Crippen MR) is 125 cm³/mol. The molecule has 5 rings (SSSR count). The Bertz CT molecular complexity index is 1270. The van der Waals surface area contributed by atoms with E-state index in [1.165, 1.54) is 17.9 Å². The van der Waals surface area contributed by atoms with Crippen LogP contribution < -0.4 is 0 Å². The standard InChI is InChI=1S/C23H24ClN5O3S/c1-33(31,32)19-6-7-20(21(24)10-19)16-4-2-15(3-5-16)18-13-29(14-18)23(30)28-9-8-17(12-28)22-11-25-27-26-22/h2-7,10-11,17-18H,8-9,12-14H2,1H3,(H,25,26,27)/t17-/m0/s1. The van der Waals surface area contributed by atoms with Crippen LogP contribution in [0.2, 0.25) is 5.02 Å². The molecule has 33 heavy (non-hydrogen) atoms. The first-order valence-corrected chi connectivity index (χ1v) is 13.1. The zero-order chi connectivity index (χ0) is 23.2. The summed E-state index contributed by atoms with van der Waals surface area (Å²) in [6.07, 6.45) is 3.80. The van der Waals surface area contributed by atoms with Crippen molar-refractivity contribution in [1.29, 1.82) is 0 Å². The van der Waals surface area contributed by atoms with Crippen LogP contribution in [0.4, 0.5) is 4.79 Å². The zero-order valence-corrected chi connectivity index (χ0v) is 19.7. The molecule has 0 radical (unpaired) electrons. The van der Waals surface area contributed by atoms with Crippen LogP contribution in [-0.4, -0.2) is 72.1 Å². The van der Waals surface area contributed by atoms with Gasteiger partial charge in [0.2, 0.25) is 0 Å². The highest BCUT2D eigenvalue weighted by atomic mass is 35.5. The molecular formula is C23H24ClN5O3S. The fourth-order valence-electron chi connectivity index (χ4n) is 4.52. The first-order chi connectivity index (χ1) is 15.8. The maximum Gasteiger partial charge on any atom is 0.320 e. The minimum Gasteiger partial charge on any atom is -0.324 e.